The number of nitrogens with one attached hydrogen (secondary N) is 1. The van der Waals surface area contributed by atoms with Gasteiger partial charge in [-0.3, -0.25) is 4.79 Å². The van der Waals surface area contributed by atoms with E-state index in [0.29, 0.717) is 5.69 Å². The molecule has 1 aromatic rings. The first kappa shape index (κ1) is 14.5. The van der Waals surface area contributed by atoms with Crippen molar-refractivity contribution in [3.05, 3.63) is 24.0 Å². The van der Waals surface area contributed by atoms with Crippen LogP contribution in [0.2, 0.25) is 0 Å². The minimum Gasteiger partial charge on any atom is -0.397 e. The van der Waals surface area contributed by atoms with Crippen LogP contribution in [0.5, 0.6) is 0 Å². The average molecular weight is 256 g/mol. The van der Waals surface area contributed by atoms with E-state index in [0.717, 1.165) is 0 Å². The Morgan fingerprint density at radius 3 is 2.50 bits per heavy atom. The second-order valence-electron chi connectivity index (χ2n) is 2.77. The van der Waals surface area contributed by atoms with E-state index in [1.165, 1.54) is 18.3 Å². The number of nitrogens with zero attached hydrogens (tertiary/aromatic N) is 1. The predicted molar refractivity (Wildman–Crippen MR) is 54.3 cm³/mol. The molecule has 0 saturated heterocycles. The Kier molecular flexibility index (Phi) is 5.03. The number of halogens is 4. The molecule has 0 saturated carbocycles. The van der Waals surface area contributed by atoms with Crippen molar-refractivity contribution in [3.8, 4) is 0 Å². The smallest absolute Gasteiger partial charge is 0.397 e. The normalized spacial score (nSPS) is 10.4. The van der Waals surface area contributed by atoms with Gasteiger partial charge in [-0.15, -0.1) is 12.4 Å². The summed E-state index contributed by atoms with van der Waals surface area (Å²) >= 11 is 0. The van der Waals surface area contributed by atoms with E-state index in [1.54, 1.807) is 5.32 Å². The average Bonchev–Trinajstić information content (AvgIpc) is 2.14. The number of aromatic nitrogens is 1. The van der Waals surface area contributed by atoms with Gasteiger partial charge in [-0.05, 0) is 12.1 Å². The Bertz CT molecular complexity index is 353. The molecule has 1 aromatic heterocycles. The predicted octanol–water partition coefficient (Wildman–Crippen LogP) is 1.38. The van der Waals surface area contributed by atoms with Gasteiger partial charge in [-0.2, -0.15) is 13.2 Å². The highest BCUT2D eigenvalue weighted by Crippen LogP contribution is 2.12. The van der Waals surface area contributed by atoms with Crippen molar-refractivity contribution in [2.45, 2.75) is 6.18 Å². The van der Waals surface area contributed by atoms with Crippen LogP contribution in [-0.4, -0.2) is 23.6 Å². The molecule has 3 N–H and O–H groups in total. The zero-order valence-corrected chi connectivity index (χ0v) is 8.73. The second kappa shape index (κ2) is 5.55. The van der Waals surface area contributed by atoms with Gasteiger partial charge in [0.15, 0.2) is 0 Å². The van der Waals surface area contributed by atoms with Gasteiger partial charge in [0, 0.05) is 0 Å². The maximum atomic E-state index is 11.7. The Morgan fingerprint density at radius 2 is 2.06 bits per heavy atom. The number of carbonyl (C=O) groups is 1. The summed E-state index contributed by atoms with van der Waals surface area (Å²) in [4.78, 5) is 14.7. The first-order valence-electron chi connectivity index (χ1n) is 3.95. The summed E-state index contributed by atoms with van der Waals surface area (Å²) in [5.41, 5.74) is 5.53. The molecule has 0 aliphatic heterocycles. The van der Waals surface area contributed by atoms with Crippen molar-refractivity contribution >= 4 is 24.0 Å². The highest BCUT2D eigenvalue weighted by Gasteiger charge is 2.28. The molecule has 1 amide bonds. The number of alkyl halides is 3. The maximum absolute atomic E-state index is 11.7. The molecular weight excluding hydrogens is 247 g/mol. The molecule has 4 nitrogen and oxygen atoms in total. The minimum atomic E-state index is -4.43. The van der Waals surface area contributed by atoms with Crippen molar-refractivity contribution in [2.75, 3.05) is 12.3 Å². The summed E-state index contributed by atoms with van der Waals surface area (Å²) in [5.74, 6) is -0.882. The summed E-state index contributed by atoms with van der Waals surface area (Å²) in [5, 5.41) is 1.69. The van der Waals surface area contributed by atoms with E-state index in [2.05, 4.69) is 4.98 Å². The number of nitrogens with two attached hydrogens (primary N) is 1. The number of rotatable bonds is 2. The quantitative estimate of drug-likeness (QED) is 0.839. The fourth-order valence-electron chi connectivity index (χ4n) is 0.811. The van der Waals surface area contributed by atoms with Gasteiger partial charge in [-0.25, -0.2) is 4.98 Å². The third kappa shape index (κ3) is 4.83. The maximum Gasteiger partial charge on any atom is 0.405 e. The highest BCUT2D eigenvalue weighted by molar-refractivity contribution is 5.92. The summed E-state index contributed by atoms with van der Waals surface area (Å²) in [6.07, 6.45) is -3.23. The van der Waals surface area contributed by atoms with Crippen molar-refractivity contribution in [1.82, 2.24) is 10.3 Å². The molecular formula is C8H9ClF3N3O. The van der Waals surface area contributed by atoms with Gasteiger partial charge in [0.25, 0.3) is 5.91 Å². The molecule has 0 fully saturated rings. The van der Waals surface area contributed by atoms with Crippen LogP contribution in [0.3, 0.4) is 0 Å². The van der Waals surface area contributed by atoms with Gasteiger partial charge >= 0.3 is 6.18 Å². The van der Waals surface area contributed by atoms with Crippen LogP contribution in [0.15, 0.2) is 18.3 Å². The van der Waals surface area contributed by atoms with Crippen molar-refractivity contribution < 1.29 is 18.0 Å². The zero-order valence-electron chi connectivity index (χ0n) is 7.91. The van der Waals surface area contributed by atoms with Gasteiger partial charge in [0.05, 0.1) is 11.9 Å². The molecule has 0 bridgehead atoms. The Balaban J connectivity index is 0.00000225. The van der Waals surface area contributed by atoms with E-state index in [9.17, 15) is 18.0 Å². The Morgan fingerprint density at radius 1 is 1.44 bits per heavy atom. The van der Waals surface area contributed by atoms with Crippen LogP contribution >= 0.6 is 12.4 Å². The van der Waals surface area contributed by atoms with E-state index < -0.39 is 18.6 Å². The topological polar surface area (TPSA) is 68.0 Å². The fourth-order valence-corrected chi connectivity index (χ4v) is 0.811. The standard InChI is InChI=1S/C8H8F3N3O.ClH/c9-8(10,11)4-14-7(15)6-2-1-5(12)3-13-6;/h1-3H,4,12H2,(H,14,15);1H. The zero-order chi connectivity index (χ0) is 11.5. The Hall–Kier alpha value is -1.50. The first-order valence-corrected chi connectivity index (χ1v) is 3.95. The van der Waals surface area contributed by atoms with Crippen LogP contribution < -0.4 is 11.1 Å². The number of hydrogen-bond acceptors (Lipinski definition) is 3. The lowest BCUT2D eigenvalue weighted by Crippen LogP contribution is -2.34. The van der Waals surface area contributed by atoms with Gasteiger partial charge in [0.1, 0.15) is 12.2 Å². The second-order valence-corrected chi connectivity index (χ2v) is 2.77. The molecule has 1 rings (SSSR count). The largest absolute Gasteiger partial charge is 0.405 e. The van der Waals surface area contributed by atoms with Crippen LogP contribution in [0.1, 0.15) is 10.5 Å². The molecule has 16 heavy (non-hydrogen) atoms. The first-order chi connectivity index (χ1) is 6.88. The fraction of sp³-hybridized carbons (Fsp3) is 0.250. The molecule has 90 valence electrons. The number of carbonyl (C=O) groups excluding carboxylic acids is 1. The lowest BCUT2D eigenvalue weighted by atomic mass is 10.3. The number of amides is 1. The van der Waals surface area contributed by atoms with Crippen LogP contribution in [-0.2, 0) is 0 Å². The summed E-state index contributed by atoms with van der Waals surface area (Å²) < 4.78 is 35.2. The van der Waals surface area contributed by atoms with E-state index in [4.69, 9.17) is 5.73 Å². The Labute approximate surface area is 95.4 Å². The molecule has 0 aromatic carbocycles. The van der Waals surface area contributed by atoms with E-state index in [-0.39, 0.29) is 18.1 Å². The summed E-state index contributed by atoms with van der Waals surface area (Å²) in [6, 6.07) is 2.64. The number of nitrogen functional groups attached to an aromatic ring is 1. The third-order valence-electron chi connectivity index (χ3n) is 1.47. The van der Waals surface area contributed by atoms with Crippen LogP contribution in [0.4, 0.5) is 18.9 Å². The molecule has 0 spiro atoms. The number of anilines is 1. The molecule has 0 aliphatic carbocycles. The van der Waals surface area contributed by atoms with E-state index >= 15 is 0 Å². The third-order valence-corrected chi connectivity index (χ3v) is 1.47. The molecule has 1 heterocycles. The van der Waals surface area contributed by atoms with Gasteiger partial charge < -0.3 is 11.1 Å². The van der Waals surface area contributed by atoms with Crippen LogP contribution in [0, 0.1) is 0 Å². The van der Waals surface area contributed by atoms with E-state index in [1.807, 2.05) is 0 Å². The minimum absolute atomic E-state index is 0. The lowest BCUT2D eigenvalue weighted by molar-refractivity contribution is -0.123. The van der Waals surface area contributed by atoms with Gasteiger partial charge in [0.2, 0.25) is 0 Å². The molecule has 0 radical (unpaired) electrons. The molecule has 8 heteroatoms. The van der Waals surface area contributed by atoms with Crippen molar-refractivity contribution in [1.29, 1.82) is 0 Å². The molecule has 0 atom stereocenters. The highest BCUT2D eigenvalue weighted by atomic mass is 35.5. The molecule has 0 aliphatic rings. The van der Waals surface area contributed by atoms with Gasteiger partial charge in [-0.1, -0.05) is 0 Å². The lowest BCUT2D eigenvalue weighted by Gasteiger charge is -2.07. The van der Waals surface area contributed by atoms with Crippen molar-refractivity contribution in [3.63, 3.8) is 0 Å². The van der Waals surface area contributed by atoms with Crippen LogP contribution in [0.25, 0.3) is 0 Å². The number of pyridine rings is 1. The van der Waals surface area contributed by atoms with Crippen molar-refractivity contribution in [2.24, 2.45) is 0 Å². The summed E-state index contributed by atoms with van der Waals surface area (Å²) in [7, 11) is 0. The SMILES string of the molecule is Cl.Nc1ccc(C(=O)NCC(F)(F)F)nc1. The monoisotopic (exact) mass is 255 g/mol. The number of hydrogen-bond donors (Lipinski definition) is 2. The molecule has 0 unspecified atom stereocenters. The summed E-state index contributed by atoms with van der Waals surface area (Å²) in [6.45, 7) is -1.38.